The Labute approximate surface area is 178 Å². The molecule has 3 aromatic rings. The molecule has 30 heavy (non-hydrogen) atoms. The molecule has 8 nitrogen and oxygen atoms in total. The van der Waals surface area contributed by atoms with Gasteiger partial charge in [-0.2, -0.15) is 0 Å². The van der Waals surface area contributed by atoms with Crippen LogP contribution >= 0.6 is 11.8 Å². The van der Waals surface area contributed by atoms with Gasteiger partial charge in [-0.1, -0.05) is 36.9 Å². The number of amides is 1. The molecule has 1 aliphatic heterocycles. The smallest absolute Gasteiger partial charge is 0.313 e. The van der Waals surface area contributed by atoms with Crippen LogP contribution in [-0.4, -0.2) is 36.4 Å². The van der Waals surface area contributed by atoms with E-state index in [9.17, 15) is 14.4 Å². The predicted octanol–water partition coefficient (Wildman–Crippen LogP) is 1.91. The maximum absolute atomic E-state index is 13.1. The molecule has 4 rings (SSSR count). The summed E-state index contributed by atoms with van der Waals surface area (Å²) in [5, 5.41) is 0.582. The van der Waals surface area contributed by atoms with Gasteiger partial charge in [-0.05, 0) is 31.4 Å². The fourth-order valence-corrected chi connectivity index (χ4v) is 4.99. The zero-order valence-electron chi connectivity index (χ0n) is 17.6. The van der Waals surface area contributed by atoms with Gasteiger partial charge in [0.2, 0.25) is 5.91 Å². The van der Waals surface area contributed by atoms with Crippen LogP contribution in [0.1, 0.15) is 25.8 Å². The average Bonchev–Trinajstić information content (AvgIpc) is 3.26. The number of thioether (sulfide) groups is 1. The number of fused-ring (bicyclic) bond motifs is 2. The molecule has 0 spiro atoms. The third kappa shape index (κ3) is 3.17. The molecular weight excluding hydrogens is 402 g/mol. The van der Waals surface area contributed by atoms with E-state index in [1.807, 2.05) is 41.5 Å². The van der Waals surface area contributed by atoms with E-state index in [1.165, 1.54) is 28.9 Å². The van der Waals surface area contributed by atoms with E-state index in [0.717, 1.165) is 23.1 Å². The zero-order chi connectivity index (χ0) is 21.6. The summed E-state index contributed by atoms with van der Waals surface area (Å²) in [5.41, 5.74) is 2.12. The molecule has 0 saturated heterocycles. The van der Waals surface area contributed by atoms with Gasteiger partial charge in [-0.15, -0.1) is 0 Å². The van der Waals surface area contributed by atoms with Crippen molar-refractivity contribution >= 4 is 34.5 Å². The van der Waals surface area contributed by atoms with E-state index in [4.69, 9.17) is 0 Å². The minimum Gasteiger partial charge on any atom is -0.313 e. The number of hydrogen-bond donors (Lipinski definition) is 0. The minimum absolute atomic E-state index is 0.00865. The van der Waals surface area contributed by atoms with E-state index in [0.29, 0.717) is 22.9 Å². The Morgan fingerprint density at radius 2 is 1.93 bits per heavy atom. The number of hydrogen-bond acceptors (Lipinski definition) is 5. The Morgan fingerprint density at radius 1 is 1.20 bits per heavy atom. The van der Waals surface area contributed by atoms with Crippen molar-refractivity contribution in [2.75, 3.05) is 10.7 Å². The highest BCUT2D eigenvalue weighted by Crippen LogP contribution is 2.33. The van der Waals surface area contributed by atoms with Crippen LogP contribution in [0.5, 0.6) is 0 Å². The number of aryl methyl sites for hydroxylation is 2. The average molecular weight is 428 g/mol. The van der Waals surface area contributed by atoms with Crippen molar-refractivity contribution in [3.8, 4) is 0 Å². The SMILES string of the molecule is CCCn1c(SCC(=O)N2c3ccccc3C[C@H]2C)nc2c1c(=O)n(C)c(=O)n2C. The van der Waals surface area contributed by atoms with Gasteiger partial charge in [0.05, 0.1) is 5.75 Å². The highest BCUT2D eigenvalue weighted by atomic mass is 32.2. The number of para-hydroxylation sites is 1. The van der Waals surface area contributed by atoms with Gasteiger partial charge in [0.25, 0.3) is 5.56 Å². The van der Waals surface area contributed by atoms with Crippen molar-refractivity contribution in [2.24, 2.45) is 14.1 Å². The third-order valence-corrected chi connectivity index (χ3v) is 6.52. The van der Waals surface area contributed by atoms with Gasteiger partial charge in [-0.25, -0.2) is 9.78 Å². The van der Waals surface area contributed by atoms with E-state index >= 15 is 0 Å². The molecule has 0 aliphatic carbocycles. The number of nitrogens with zero attached hydrogens (tertiary/aromatic N) is 5. The molecule has 0 saturated carbocycles. The van der Waals surface area contributed by atoms with Gasteiger partial charge in [-0.3, -0.25) is 18.7 Å². The summed E-state index contributed by atoms with van der Waals surface area (Å²) in [6.45, 7) is 4.65. The van der Waals surface area contributed by atoms with Crippen molar-refractivity contribution in [1.82, 2.24) is 18.7 Å². The molecule has 3 heterocycles. The highest BCUT2D eigenvalue weighted by molar-refractivity contribution is 7.99. The summed E-state index contributed by atoms with van der Waals surface area (Å²) in [6.07, 6.45) is 1.65. The van der Waals surface area contributed by atoms with Crippen molar-refractivity contribution < 1.29 is 4.79 Å². The van der Waals surface area contributed by atoms with Gasteiger partial charge in [0.1, 0.15) is 0 Å². The van der Waals surface area contributed by atoms with Gasteiger partial charge < -0.3 is 9.47 Å². The first-order valence-electron chi connectivity index (χ1n) is 10.0. The molecule has 0 unspecified atom stereocenters. The second kappa shape index (κ2) is 7.79. The Bertz CT molecular complexity index is 1260. The second-order valence-electron chi connectivity index (χ2n) is 7.66. The molecule has 1 aliphatic rings. The largest absolute Gasteiger partial charge is 0.332 e. The number of carbonyl (C=O) groups is 1. The molecule has 0 bridgehead atoms. The molecule has 0 N–H and O–H groups in total. The number of anilines is 1. The lowest BCUT2D eigenvalue weighted by molar-refractivity contribution is -0.116. The Balaban J connectivity index is 1.68. The predicted molar refractivity (Wildman–Crippen MR) is 118 cm³/mol. The van der Waals surface area contributed by atoms with Crippen LogP contribution in [0.15, 0.2) is 39.0 Å². The first-order valence-corrected chi connectivity index (χ1v) is 11.0. The lowest BCUT2D eigenvalue weighted by Crippen LogP contribution is -2.37. The van der Waals surface area contributed by atoms with Gasteiger partial charge in [0, 0.05) is 32.4 Å². The molecule has 1 aromatic carbocycles. The zero-order valence-corrected chi connectivity index (χ0v) is 18.4. The molecule has 1 atom stereocenters. The van der Waals surface area contributed by atoms with Crippen molar-refractivity contribution in [1.29, 1.82) is 0 Å². The summed E-state index contributed by atoms with van der Waals surface area (Å²) in [6, 6.07) is 8.09. The fraction of sp³-hybridized carbons (Fsp3) is 0.429. The minimum atomic E-state index is -0.413. The lowest BCUT2D eigenvalue weighted by atomic mass is 10.1. The summed E-state index contributed by atoms with van der Waals surface area (Å²) in [5.74, 6) is 0.217. The topological polar surface area (TPSA) is 82.1 Å². The standard InChI is InChI=1S/C21H25N5O3S/c1-5-10-25-17-18(23(3)21(29)24(4)19(17)28)22-20(25)30-12-16(27)26-13(2)11-14-8-6-7-9-15(14)26/h6-9,13H,5,10-12H2,1-4H3/t13-/m1/s1. The van der Waals surface area contributed by atoms with Crippen LogP contribution in [0.25, 0.3) is 11.2 Å². The number of carbonyl (C=O) groups excluding carboxylic acids is 1. The Morgan fingerprint density at radius 3 is 2.67 bits per heavy atom. The van der Waals surface area contributed by atoms with Crippen molar-refractivity contribution in [3.63, 3.8) is 0 Å². The molecule has 2 aromatic heterocycles. The van der Waals surface area contributed by atoms with Crippen LogP contribution in [0, 0.1) is 0 Å². The Kier molecular flexibility index (Phi) is 5.31. The highest BCUT2D eigenvalue weighted by Gasteiger charge is 2.31. The van der Waals surface area contributed by atoms with E-state index < -0.39 is 5.69 Å². The van der Waals surface area contributed by atoms with E-state index in [-0.39, 0.29) is 23.3 Å². The third-order valence-electron chi connectivity index (χ3n) is 5.56. The quantitative estimate of drug-likeness (QED) is 0.581. The van der Waals surface area contributed by atoms with Crippen molar-refractivity contribution in [3.05, 3.63) is 50.7 Å². The molecule has 0 fully saturated rings. The van der Waals surface area contributed by atoms with Crippen LogP contribution in [0.2, 0.25) is 0 Å². The fourth-order valence-electron chi connectivity index (χ4n) is 4.11. The van der Waals surface area contributed by atoms with E-state index in [2.05, 4.69) is 11.1 Å². The summed E-state index contributed by atoms with van der Waals surface area (Å²) in [4.78, 5) is 44.5. The van der Waals surface area contributed by atoms with Crippen LogP contribution in [0.3, 0.4) is 0 Å². The molecule has 1 amide bonds. The maximum atomic E-state index is 13.1. The number of imidazole rings is 1. The number of aromatic nitrogens is 4. The van der Waals surface area contributed by atoms with Gasteiger partial charge in [0.15, 0.2) is 16.3 Å². The molecular formula is C21H25N5O3S. The van der Waals surface area contributed by atoms with E-state index in [1.54, 1.807) is 7.05 Å². The lowest BCUT2D eigenvalue weighted by Gasteiger charge is -2.22. The first-order chi connectivity index (χ1) is 14.3. The summed E-state index contributed by atoms with van der Waals surface area (Å²) in [7, 11) is 3.08. The second-order valence-corrected chi connectivity index (χ2v) is 8.60. The monoisotopic (exact) mass is 427 g/mol. The molecule has 9 heteroatoms. The molecule has 158 valence electrons. The summed E-state index contributed by atoms with van der Waals surface area (Å²) >= 11 is 1.31. The summed E-state index contributed by atoms with van der Waals surface area (Å²) < 4.78 is 4.31. The molecule has 0 radical (unpaired) electrons. The first kappa shape index (κ1) is 20.5. The van der Waals surface area contributed by atoms with Crippen LogP contribution < -0.4 is 16.1 Å². The number of rotatable bonds is 5. The van der Waals surface area contributed by atoms with Crippen LogP contribution in [0.4, 0.5) is 5.69 Å². The Hall–Kier alpha value is -2.81. The normalized spacial score (nSPS) is 15.7. The van der Waals surface area contributed by atoms with Crippen molar-refractivity contribution in [2.45, 2.75) is 44.4 Å². The maximum Gasteiger partial charge on any atom is 0.332 e. The van der Waals surface area contributed by atoms with Gasteiger partial charge >= 0.3 is 5.69 Å². The number of benzene rings is 1. The van der Waals surface area contributed by atoms with Crippen LogP contribution in [-0.2, 0) is 31.9 Å².